The van der Waals surface area contributed by atoms with Crippen molar-refractivity contribution in [3.63, 3.8) is 0 Å². The van der Waals surface area contributed by atoms with Crippen molar-refractivity contribution < 1.29 is 4.74 Å². The molecule has 0 heterocycles. The zero-order chi connectivity index (χ0) is 14.5. The molecule has 2 heteroatoms. The van der Waals surface area contributed by atoms with Gasteiger partial charge in [0.1, 0.15) is 12.4 Å². The van der Waals surface area contributed by atoms with Gasteiger partial charge in [0.15, 0.2) is 0 Å². The minimum atomic E-state index is -0.0949. The molecule has 2 nitrogen and oxygen atoms in total. The summed E-state index contributed by atoms with van der Waals surface area (Å²) in [5.74, 6) is 0.883. The van der Waals surface area contributed by atoms with E-state index in [4.69, 9.17) is 10.5 Å². The first kappa shape index (κ1) is 14.6. The summed E-state index contributed by atoms with van der Waals surface area (Å²) >= 11 is 0. The van der Waals surface area contributed by atoms with Crippen molar-refractivity contribution in [1.29, 1.82) is 0 Å². The Morgan fingerprint density at radius 2 is 1.70 bits per heavy atom. The van der Waals surface area contributed by atoms with Crippen LogP contribution in [0.4, 0.5) is 0 Å². The predicted octanol–water partition coefficient (Wildman–Crippen LogP) is 3.94. The molecule has 0 fully saturated rings. The van der Waals surface area contributed by atoms with Crippen LogP contribution in [0.3, 0.4) is 0 Å². The Balaban J connectivity index is 1.96. The largest absolute Gasteiger partial charge is 0.492 e. The van der Waals surface area contributed by atoms with Gasteiger partial charge in [-0.05, 0) is 54.7 Å². The summed E-state index contributed by atoms with van der Waals surface area (Å²) in [5.41, 5.74) is 11.1. The molecule has 0 bridgehead atoms. The lowest BCUT2D eigenvalue weighted by atomic mass is 10.1. The van der Waals surface area contributed by atoms with E-state index < -0.39 is 0 Å². The third kappa shape index (κ3) is 3.61. The van der Waals surface area contributed by atoms with Crippen LogP contribution in [0.15, 0.2) is 42.5 Å². The summed E-state index contributed by atoms with van der Waals surface area (Å²) in [6.45, 7) is 6.83. The second-order valence-electron chi connectivity index (χ2n) is 5.26. The van der Waals surface area contributed by atoms with Gasteiger partial charge < -0.3 is 10.5 Å². The van der Waals surface area contributed by atoms with Crippen LogP contribution < -0.4 is 10.5 Å². The van der Waals surface area contributed by atoms with Crippen LogP contribution in [0, 0.1) is 13.8 Å². The third-order valence-electron chi connectivity index (χ3n) is 3.72. The van der Waals surface area contributed by atoms with Crippen LogP contribution in [-0.4, -0.2) is 6.61 Å². The van der Waals surface area contributed by atoms with Crippen molar-refractivity contribution in [3.8, 4) is 5.75 Å². The minimum Gasteiger partial charge on any atom is -0.492 e. The molecule has 0 radical (unpaired) electrons. The highest BCUT2D eigenvalue weighted by molar-refractivity contribution is 5.34. The van der Waals surface area contributed by atoms with E-state index in [0.29, 0.717) is 6.61 Å². The summed E-state index contributed by atoms with van der Waals surface area (Å²) in [7, 11) is 0. The number of aryl methyl sites for hydroxylation is 3. The highest BCUT2D eigenvalue weighted by Crippen LogP contribution is 2.19. The van der Waals surface area contributed by atoms with Gasteiger partial charge in [0.2, 0.25) is 0 Å². The molecule has 0 amide bonds. The van der Waals surface area contributed by atoms with Crippen LogP contribution in [0.25, 0.3) is 0 Å². The Labute approximate surface area is 121 Å². The Hall–Kier alpha value is -1.80. The molecule has 20 heavy (non-hydrogen) atoms. The van der Waals surface area contributed by atoms with Crippen LogP contribution in [0.1, 0.15) is 35.2 Å². The number of ether oxygens (including phenoxy) is 1. The van der Waals surface area contributed by atoms with E-state index in [0.717, 1.165) is 17.7 Å². The summed E-state index contributed by atoms with van der Waals surface area (Å²) in [6, 6.07) is 14.5. The Morgan fingerprint density at radius 3 is 2.30 bits per heavy atom. The number of hydrogen-bond acceptors (Lipinski definition) is 2. The second kappa shape index (κ2) is 6.58. The van der Waals surface area contributed by atoms with Gasteiger partial charge in [0.25, 0.3) is 0 Å². The quantitative estimate of drug-likeness (QED) is 0.892. The van der Waals surface area contributed by atoms with Gasteiger partial charge in [-0.3, -0.25) is 0 Å². The molecule has 2 N–H and O–H groups in total. The number of hydrogen-bond donors (Lipinski definition) is 1. The van der Waals surface area contributed by atoms with Crippen molar-refractivity contribution >= 4 is 0 Å². The molecule has 106 valence electrons. The Kier molecular flexibility index (Phi) is 4.80. The smallest absolute Gasteiger partial charge is 0.119 e. The molecule has 0 saturated carbocycles. The second-order valence-corrected chi connectivity index (χ2v) is 5.26. The van der Waals surface area contributed by atoms with E-state index in [9.17, 15) is 0 Å². The molecule has 0 aliphatic heterocycles. The van der Waals surface area contributed by atoms with Gasteiger partial charge in [0, 0.05) is 0 Å². The van der Waals surface area contributed by atoms with E-state index in [2.05, 4.69) is 57.2 Å². The van der Waals surface area contributed by atoms with E-state index in [1.54, 1.807) is 0 Å². The first-order valence-corrected chi connectivity index (χ1v) is 7.14. The molecule has 2 aromatic rings. The van der Waals surface area contributed by atoms with Gasteiger partial charge in [-0.15, -0.1) is 0 Å². The van der Waals surface area contributed by atoms with Crippen LogP contribution in [0.2, 0.25) is 0 Å². The maximum absolute atomic E-state index is 6.18. The summed E-state index contributed by atoms with van der Waals surface area (Å²) in [6.07, 6.45) is 1.05. The fraction of sp³-hybridized carbons (Fsp3) is 0.333. The van der Waals surface area contributed by atoms with Gasteiger partial charge in [-0.25, -0.2) is 0 Å². The summed E-state index contributed by atoms with van der Waals surface area (Å²) in [4.78, 5) is 0. The fourth-order valence-corrected chi connectivity index (χ4v) is 2.09. The molecule has 1 atom stereocenters. The highest BCUT2D eigenvalue weighted by atomic mass is 16.5. The SMILES string of the molecule is CCc1ccc(C(N)COc2ccc(C)c(C)c2)cc1. The standard InChI is InChI=1S/C18H23NO/c1-4-15-6-8-16(9-7-15)18(19)12-20-17-10-5-13(2)14(3)11-17/h5-11,18H,4,12,19H2,1-3H3. The molecule has 2 rings (SSSR count). The van der Waals surface area contributed by atoms with Gasteiger partial charge in [-0.1, -0.05) is 37.3 Å². The molecule has 0 aromatic heterocycles. The fourth-order valence-electron chi connectivity index (χ4n) is 2.09. The Morgan fingerprint density at radius 1 is 1.00 bits per heavy atom. The van der Waals surface area contributed by atoms with Crippen molar-refractivity contribution in [2.45, 2.75) is 33.2 Å². The minimum absolute atomic E-state index is 0.0949. The normalized spacial score (nSPS) is 12.2. The number of benzene rings is 2. The number of nitrogens with two attached hydrogens (primary N) is 1. The molecule has 0 aliphatic carbocycles. The van der Waals surface area contributed by atoms with Gasteiger partial charge in [-0.2, -0.15) is 0 Å². The predicted molar refractivity (Wildman–Crippen MR) is 84.2 cm³/mol. The first-order chi connectivity index (χ1) is 9.60. The molecule has 2 aromatic carbocycles. The maximum Gasteiger partial charge on any atom is 0.119 e. The monoisotopic (exact) mass is 269 g/mol. The highest BCUT2D eigenvalue weighted by Gasteiger charge is 2.07. The van der Waals surface area contributed by atoms with Crippen molar-refractivity contribution in [1.82, 2.24) is 0 Å². The first-order valence-electron chi connectivity index (χ1n) is 7.14. The third-order valence-corrected chi connectivity index (χ3v) is 3.72. The van der Waals surface area contributed by atoms with Crippen molar-refractivity contribution in [2.24, 2.45) is 5.73 Å². The molecule has 0 aliphatic rings. The van der Waals surface area contributed by atoms with Crippen molar-refractivity contribution in [2.75, 3.05) is 6.61 Å². The summed E-state index contributed by atoms with van der Waals surface area (Å²) < 4.78 is 5.79. The van der Waals surface area contributed by atoms with E-state index in [-0.39, 0.29) is 6.04 Å². The van der Waals surface area contributed by atoms with Gasteiger partial charge in [0.05, 0.1) is 6.04 Å². The topological polar surface area (TPSA) is 35.2 Å². The lowest BCUT2D eigenvalue weighted by molar-refractivity contribution is 0.290. The zero-order valence-electron chi connectivity index (χ0n) is 12.5. The Bertz CT molecular complexity index is 560. The average Bonchev–Trinajstić information content (AvgIpc) is 2.48. The molecular weight excluding hydrogens is 246 g/mol. The average molecular weight is 269 g/mol. The summed E-state index contributed by atoms with van der Waals surface area (Å²) in [5, 5.41) is 0. The molecule has 0 spiro atoms. The van der Waals surface area contributed by atoms with E-state index in [1.165, 1.54) is 16.7 Å². The van der Waals surface area contributed by atoms with E-state index >= 15 is 0 Å². The number of rotatable bonds is 5. The molecule has 0 saturated heterocycles. The van der Waals surface area contributed by atoms with Gasteiger partial charge >= 0.3 is 0 Å². The van der Waals surface area contributed by atoms with Crippen LogP contribution >= 0.6 is 0 Å². The van der Waals surface area contributed by atoms with E-state index in [1.807, 2.05) is 6.07 Å². The lowest BCUT2D eigenvalue weighted by Crippen LogP contribution is -2.19. The maximum atomic E-state index is 6.18. The zero-order valence-corrected chi connectivity index (χ0v) is 12.5. The lowest BCUT2D eigenvalue weighted by Gasteiger charge is -2.15. The molecule has 1 unspecified atom stereocenters. The molecular formula is C18H23NO. The van der Waals surface area contributed by atoms with Crippen LogP contribution in [-0.2, 0) is 6.42 Å². The van der Waals surface area contributed by atoms with Crippen LogP contribution in [0.5, 0.6) is 5.75 Å². The van der Waals surface area contributed by atoms with Crippen molar-refractivity contribution in [3.05, 3.63) is 64.7 Å².